The van der Waals surface area contributed by atoms with E-state index in [1.54, 1.807) is 12.4 Å². The van der Waals surface area contributed by atoms with E-state index in [1.165, 1.54) is 6.33 Å². The molecule has 0 spiro atoms. The Morgan fingerprint density at radius 3 is 2.93 bits per heavy atom. The van der Waals surface area contributed by atoms with Gasteiger partial charge >= 0.3 is 0 Å². The molecule has 0 radical (unpaired) electrons. The molecule has 4 nitrogen and oxygen atoms in total. The molecule has 2 aromatic rings. The Morgan fingerprint density at radius 2 is 2.20 bits per heavy atom. The zero-order valence-electron chi connectivity index (χ0n) is 7.89. The Morgan fingerprint density at radius 1 is 1.27 bits per heavy atom. The molecule has 2 aromatic heterocycles. The summed E-state index contributed by atoms with van der Waals surface area (Å²) < 4.78 is 1.01. The van der Waals surface area contributed by atoms with Crippen molar-refractivity contribution in [2.45, 2.75) is 6.54 Å². The fourth-order valence-electron chi connectivity index (χ4n) is 1.12. The molecule has 1 N–H and O–H groups in total. The summed E-state index contributed by atoms with van der Waals surface area (Å²) in [6.45, 7) is 0.674. The summed E-state index contributed by atoms with van der Waals surface area (Å²) >= 11 is 2.20. The molecule has 2 rings (SSSR count). The van der Waals surface area contributed by atoms with Gasteiger partial charge in [-0.05, 0) is 34.7 Å². The van der Waals surface area contributed by atoms with Crippen molar-refractivity contribution in [2.75, 3.05) is 5.32 Å². The van der Waals surface area contributed by atoms with Crippen LogP contribution in [0.4, 0.5) is 5.82 Å². The third kappa shape index (κ3) is 2.85. The second-order valence-electron chi connectivity index (χ2n) is 2.89. The van der Waals surface area contributed by atoms with Crippen molar-refractivity contribution >= 4 is 28.4 Å². The summed E-state index contributed by atoms with van der Waals surface area (Å²) in [7, 11) is 0. The topological polar surface area (TPSA) is 50.7 Å². The van der Waals surface area contributed by atoms with Crippen LogP contribution in [-0.2, 0) is 6.54 Å². The smallest absolute Gasteiger partial charge is 0.143 e. The molecule has 0 fully saturated rings. The molecule has 0 aliphatic heterocycles. The maximum atomic E-state index is 4.22. The minimum Gasteiger partial charge on any atom is -0.363 e. The van der Waals surface area contributed by atoms with Crippen LogP contribution in [0, 0.1) is 3.57 Å². The van der Waals surface area contributed by atoms with E-state index in [0.717, 1.165) is 15.1 Å². The average molecular weight is 312 g/mol. The SMILES string of the molecule is Ic1cncnc1NCc1ccccn1. The van der Waals surface area contributed by atoms with Gasteiger partial charge in [0.1, 0.15) is 12.1 Å². The molecule has 0 saturated carbocycles. The van der Waals surface area contributed by atoms with Crippen LogP contribution in [0.15, 0.2) is 36.9 Å². The van der Waals surface area contributed by atoms with Crippen molar-refractivity contribution in [1.29, 1.82) is 0 Å². The second-order valence-corrected chi connectivity index (χ2v) is 4.06. The molecule has 0 unspecified atom stereocenters. The molecule has 0 aliphatic rings. The van der Waals surface area contributed by atoms with Gasteiger partial charge in [0, 0.05) is 12.4 Å². The fourth-order valence-corrected chi connectivity index (χ4v) is 1.61. The molecule has 0 aromatic carbocycles. The predicted molar refractivity (Wildman–Crippen MR) is 66.3 cm³/mol. The van der Waals surface area contributed by atoms with Gasteiger partial charge in [-0.2, -0.15) is 0 Å². The number of rotatable bonds is 3. The van der Waals surface area contributed by atoms with Crippen molar-refractivity contribution < 1.29 is 0 Å². The second kappa shape index (κ2) is 5.01. The van der Waals surface area contributed by atoms with Crippen LogP contribution in [0.25, 0.3) is 0 Å². The lowest BCUT2D eigenvalue weighted by Gasteiger charge is -2.05. The largest absolute Gasteiger partial charge is 0.363 e. The predicted octanol–water partition coefficient (Wildman–Crippen LogP) is 2.09. The first-order chi connectivity index (χ1) is 7.36. The number of anilines is 1. The average Bonchev–Trinajstić information content (AvgIpc) is 2.29. The van der Waals surface area contributed by atoms with Crippen LogP contribution in [0.5, 0.6) is 0 Å². The first-order valence-corrected chi connectivity index (χ1v) is 5.53. The van der Waals surface area contributed by atoms with Gasteiger partial charge in [-0.3, -0.25) is 4.98 Å². The van der Waals surface area contributed by atoms with Gasteiger partial charge in [0.05, 0.1) is 15.8 Å². The molecular weight excluding hydrogens is 303 g/mol. The maximum Gasteiger partial charge on any atom is 0.143 e. The third-order valence-corrected chi connectivity index (χ3v) is 2.62. The molecule has 5 heteroatoms. The van der Waals surface area contributed by atoms with Crippen LogP contribution in [-0.4, -0.2) is 15.0 Å². The monoisotopic (exact) mass is 312 g/mol. The van der Waals surface area contributed by atoms with Crippen molar-refractivity contribution in [1.82, 2.24) is 15.0 Å². The van der Waals surface area contributed by atoms with Gasteiger partial charge < -0.3 is 5.32 Å². The number of hydrogen-bond donors (Lipinski definition) is 1. The van der Waals surface area contributed by atoms with E-state index in [-0.39, 0.29) is 0 Å². The van der Waals surface area contributed by atoms with Crippen LogP contribution < -0.4 is 5.32 Å². The molecule has 0 aliphatic carbocycles. The highest BCUT2D eigenvalue weighted by Gasteiger charge is 1.99. The van der Waals surface area contributed by atoms with Crippen molar-refractivity contribution in [3.63, 3.8) is 0 Å². The number of aromatic nitrogens is 3. The quantitative estimate of drug-likeness (QED) is 0.882. The van der Waals surface area contributed by atoms with E-state index in [0.29, 0.717) is 6.54 Å². The number of hydrogen-bond acceptors (Lipinski definition) is 4. The highest BCUT2D eigenvalue weighted by molar-refractivity contribution is 14.1. The Bertz CT molecular complexity index is 432. The third-order valence-electron chi connectivity index (χ3n) is 1.83. The van der Waals surface area contributed by atoms with Gasteiger partial charge in [0.15, 0.2) is 0 Å². The number of halogens is 1. The molecule has 15 heavy (non-hydrogen) atoms. The van der Waals surface area contributed by atoms with Crippen molar-refractivity contribution in [3.8, 4) is 0 Å². The Hall–Kier alpha value is -1.24. The standard InChI is InChI=1S/C10H9IN4/c11-9-6-12-7-15-10(9)14-5-8-3-1-2-4-13-8/h1-4,6-7H,5H2,(H,12,14,15). The number of nitrogens with zero attached hydrogens (tertiary/aromatic N) is 3. The van der Waals surface area contributed by atoms with E-state index in [2.05, 4.69) is 42.9 Å². The van der Waals surface area contributed by atoms with Crippen LogP contribution in [0.1, 0.15) is 5.69 Å². The van der Waals surface area contributed by atoms with E-state index < -0.39 is 0 Å². The zero-order valence-corrected chi connectivity index (χ0v) is 10.0. The Kier molecular flexibility index (Phi) is 3.44. The van der Waals surface area contributed by atoms with Gasteiger partial charge in [-0.25, -0.2) is 9.97 Å². The minimum absolute atomic E-state index is 0.674. The van der Waals surface area contributed by atoms with Crippen LogP contribution >= 0.6 is 22.6 Å². The number of nitrogens with one attached hydrogen (secondary N) is 1. The first-order valence-electron chi connectivity index (χ1n) is 4.45. The minimum atomic E-state index is 0.674. The normalized spacial score (nSPS) is 9.93. The lowest BCUT2D eigenvalue weighted by Crippen LogP contribution is -2.04. The number of pyridine rings is 1. The summed E-state index contributed by atoms with van der Waals surface area (Å²) in [5, 5.41) is 3.21. The van der Waals surface area contributed by atoms with Gasteiger partial charge in [-0.1, -0.05) is 6.07 Å². The molecule has 76 valence electrons. The lowest BCUT2D eigenvalue weighted by atomic mass is 10.3. The highest BCUT2D eigenvalue weighted by Crippen LogP contribution is 2.12. The summed E-state index contributed by atoms with van der Waals surface area (Å²) in [5.41, 5.74) is 0.993. The lowest BCUT2D eigenvalue weighted by molar-refractivity contribution is 1.01. The first kappa shape index (κ1) is 10.3. The van der Waals surface area contributed by atoms with Gasteiger partial charge in [-0.15, -0.1) is 0 Å². The van der Waals surface area contributed by atoms with E-state index in [4.69, 9.17) is 0 Å². The van der Waals surface area contributed by atoms with E-state index in [9.17, 15) is 0 Å². The summed E-state index contributed by atoms with van der Waals surface area (Å²) in [6.07, 6.45) is 5.08. The van der Waals surface area contributed by atoms with Crippen molar-refractivity contribution in [2.24, 2.45) is 0 Å². The summed E-state index contributed by atoms with van der Waals surface area (Å²) in [5.74, 6) is 0.844. The fraction of sp³-hybridized carbons (Fsp3) is 0.100. The zero-order chi connectivity index (χ0) is 10.5. The van der Waals surface area contributed by atoms with Crippen molar-refractivity contribution in [3.05, 3.63) is 46.2 Å². The summed E-state index contributed by atoms with van der Waals surface area (Å²) in [4.78, 5) is 12.3. The van der Waals surface area contributed by atoms with E-state index in [1.807, 2.05) is 18.2 Å². The molecule has 0 bridgehead atoms. The molecule has 2 heterocycles. The highest BCUT2D eigenvalue weighted by atomic mass is 127. The molecule has 0 atom stereocenters. The Balaban J connectivity index is 2.03. The van der Waals surface area contributed by atoms with Gasteiger partial charge in [0.2, 0.25) is 0 Å². The van der Waals surface area contributed by atoms with Crippen LogP contribution in [0.3, 0.4) is 0 Å². The molecule has 0 saturated heterocycles. The molecular formula is C10H9IN4. The van der Waals surface area contributed by atoms with E-state index >= 15 is 0 Å². The maximum absolute atomic E-state index is 4.22. The molecule has 0 amide bonds. The van der Waals surface area contributed by atoms with Crippen LogP contribution in [0.2, 0.25) is 0 Å². The summed E-state index contributed by atoms with van der Waals surface area (Å²) in [6, 6.07) is 5.84. The van der Waals surface area contributed by atoms with Gasteiger partial charge in [0.25, 0.3) is 0 Å². The Labute approximate surface area is 101 Å².